The van der Waals surface area contributed by atoms with E-state index in [1.165, 1.54) is 16.4 Å². The summed E-state index contributed by atoms with van der Waals surface area (Å²) in [5.74, 6) is 0.352. The van der Waals surface area contributed by atoms with E-state index in [-0.39, 0.29) is 16.7 Å². The zero-order chi connectivity index (χ0) is 22.8. The standard InChI is InChI=1S/C25H25N5O2S/c1-17(23(31)26-18-11-5-2-6-12-18)33-25-27-22-21(20-15-9-4-10-16-29(20)25)24(32)30(28-22)19-13-7-3-8-14-19/h2-3,5-8,11-14,17H,4,9-10,15-16H2,1H3,(H,26,31). The number of carbonyl (C=O) groups excluding carboxylic acids is 1. The van der Waals surface area contributed by atoms with Gasteiger partial charge in [-0.05, 0) is 50.5 Å². The molecule has 2 aromatic carbocycles. The SMILES string of the molecule is CC(Sc1nc2nn(-c3ccccc3)c(=O)c-2c2n1CCCCC2)C(=O)Nc1ccccc1. The van der Waals surface area contributed by atoms with Gasteiger partial charge in [-0.25, -0.2) is 4.98 Å². The van der Waals surface area contributed by atoms with Crippen LogP contribution in [0.5, 0.6) is 0 Å². The number of para-hydroxylation sites is 2. The number of thioether (sulfide) groups is 1. The predicted octanol–water partition coefficient (Wildman–Crippen LogP) is 4.38. The molecule has 3 aliphatic heterocycles. The summed E-state index contributed by atoms with van der Waals surface area (Å²) in [6.07, 6.45) is 3.93. The molecule has 0 radical (unpaired) electrons. The summed E-state index contributed by atoms with van der Waals surface area (Å²) in [6, 6.07) is 18.8. The van der Waals surface area contributed by atoms with Gasteiger partial charge in [-0.1, -0.05) is 54.6 Å². The second-order valence-electron chi connectivity index (χ2n) is 8.17. The molecule has 0 aromatic heterocycles. The first-order chi connectivity index (χ1) is 16.1. The van der Waals surface area contributed by atoms with Crippen LogP contribution in [0.4, 0.5) is 5.69 Å². The molecule has 1 N–H and O–H groups in total. The van der Waals surface area contributed by atoms with Crippen molar-refractivity contribution in [2.75, 3.05) is 5.32 Å². The van der Waals surface area contributed by atoms with E-state index in [0.29, 0.717) is 11.4 Å². The Morgan fingerprint density at radius 3 is 2.52 bits per heavy atom. The van der Waals surface area contributed by atoms with Gasteiger partial charge in [-0.3, -0.25) is 9.59 Å². The van der Waals surface area contributed by atoms with E-state index in [0.717, 1.165) is 54.5 Å². The number of anilines is 1. The van der Waals surface area contributed by atoms with Gasteiger partial charge in [0.2, 0.25) is 5.91 Å². The monoisotopic (exact) mass is 459 g/mol. The van der Waals surface area contributed by atoms with Crippen LogP contribution in [-0.2, 0) is 17.8 Å². The minimum Gasteiger partial charge on any atom is -0.325 e. The van der Waals surface area contributed by atoms with Crippen LogP contribution in [-0.4, -0.2) is 30.5 Å². The van der Waals surface area contributed by atoms with Crippen molar-refractivity contribution in [3.63, 3.8) is 0 Å². The van der Waals surface area contributed by atoms with Gasteiger partial charge in [0.05, 0.1) is 10.9 Å². The average Bonchev–Trinajstić information content (AvgIpc) is 3.00. The molecule has 0 saturated carbocycles. The molecule has 7 nitrogen and oxygen atoms in total. The number of benzene rings is 2. The van der Waals surface area contributed by atoms with Crippen molar-refractivity contribution in [1.82, 2.24) is 19.3 Å². The van der Waals surface area contributed by atoms with Gasteiger partial charge in [0.25, 0.3) is 5.56 Å². The molecule has 168 valence electrons. The van der Waals surface area contributed by atoms with Crippen molar-refractivity contribution in [1.29, 1.82) is 0 Å². The molecule has 0 fully saturated rings. The second kappa shape index (κ2) is 9.23. The molecule has 33 heavy (non-hydrogen) atoms. The van der Waals surface area contributed by atoms with Crippen LogP contribution in [0.3, 0.4) is 0 Å². The maximum absolute atomic E-state index is 13.3. The zero-order valence-electron chi connectivity index (χ0n) is 18.4. The molecule has 1 amide bonds. The van der Waals surface area contributed by atoms with Crippen LogP contribution in [0.15, 0.2) is 70.6 Å². The summed E-state index contributed by atoms with van der Waals surface area (Å²) in [4.78, 5) is 30.9. The Kier molecular flexibility index (Phi) is 6.00. The fraction of sp³-hybridized carbons (Fsp3) is 0.280. The van der Waals surface area contributed by atoms with Gasteiger partial charge in [-0.2, -0.15) is 4.68 Å². The summed E-state index contributed by atoms with van der Waals surface area (Å²) in [6.45, 7) is 2.66. The number of rotatable bonds is 5. The van der Waals surface area contributed by atoms with E-state index >= 15 is 0 Å². The van der Waals surface area contributed by atoms with E-state index in [1.54, 1.807) is 0 Å². The first-order valence-electron chi connectivity index (χ1n) is 11.2. The Morgan fingerprint density at radius 2 is 1.76 bits per heavy atom. The third-order valence-corrected chi connectivity index (χ3v) is 6.95. The lowest BCUT2D eigenvalue weighted by molar-refractivity contribution is -0.115. The number of amides is 1. The fourth-order valence-corrected chi connectivity index (χ4v) is 5.11. The molecule has 0 bridgehead atoms. The van der Waals surface area contributed by atoms with Gasteiger partial charge in [0.1, 0.15) is 5.56 Å². The zero-order valence-corrected chi connectivity index (χ0v) is 19.2. The molecule has 1 unspecified atom stereocenters. The third-order valence-electron chi connectivity index (χ3n) is 5.86. The van der Waals surface area contributed by atoms with Gasteiger partial charge in [-0.15, -0.1) is 5.10 Å². The highest BCUT2D eigenvalue weighted by Crippen LogP contribution is 2.32. The highest BCUT2D eigenvalue weighted by Gasteiger charge is 2.28. The Labute approximate surface area is 196 Å². The Balaban J connectivity index is 1.53. The van der Waals surface area contributed by atoms with Crippen molar-refractivity contribution in [2.24, 2.45) is 0 Å². The molecule has 0 aliphatic carbocycles. The molecule has 2 aromatic rings. The lowest BCUT2D eigenvalue weighted by Gasteiger charge is -2.19. The van der Waals surface area contributed by atoms with E-state index in [4.69, 9.17) is 4.98 Å². The number of carbonyl (C=O) groups is 1. The topological polar surface area (TPSA) is 81.8 Å². The van der Waals surface area contributed by atoms with Crippen LogP contribution in [0.1, 0.15) is 31.9 Å². The Morgan fingerprint density at radius 1 is 1.03 bits per heavy atom. The van der Waals surface area contributed by atoms with Crippen LogP contribution in [0.2, 0.25) is 0 Å². The molecule has 8 heteroatoms. The summed E-state index contributed by atoms with van der Waals surface area (Å²) in [5.41, 5.74) is 2.91. The van der Waals surface area contributed by atoms with Crippen LogP contribution in [0.25, 0.3) is 17.1 Å². The molecule has 3 aliphatic rings. The molecule has 3 heterocycles. The van der Waals surface area contributed by atoms with Gasteiger partial charge in [0.15, 0.2) is 11.0 Å². The minimum atomic E-state index is -0.363. The van der Waals surface area contributed by atoms with Crippen molar-refractivity contribution in [2.45, 2.75) is 49.6 Å². The summed E-state index contributed by atoms with van der Waals surface area (Å²) < 4.78 is 3.56. The Hall–Kier alpha value is -3.39. The summed E-state index contributed by atoms with van der Waals surface area (Å²) >= 11 is 1.41. The lowest BCUT2D eigenvalue weighted by Crippen LogP contribution is -2.24. The van der Waals surface area contributed by atoms with Crippen molar-refractivity contribution < 1.29 is 4.79 Å². The molecular weight excluding hydrogens is 434 g/mol. The number of fused-ring (bicyclic) bond motifs is 3. The van der Waals surface area contributed by atoms with E-state index in [9.17, 15) is 9.59 Å². The first-order valence-corrected chi connectivity index (χ1v) is 12.1. The number of hydrogen-bond donors (Lipinski definition) is 1. The quantitative estimate of drug-likeness (QED) is 0.354. The lowest BCUT2D eigenvalue weighted by atomic mass is 10.1. The largest absolute Gasteiger partial charge is 0.325 e. The van der Waals surface area contributed by atoms with Crippen LogP contribution in [0, 0.1) is 0 Å². The predicted molar refractivity (Wildman–Crippen MR) is 130 cm³/mol. The average molecular weight is 460 g/mol. The van der Waals surface area contributed by atoms with E-state index in [2.05, 4.69) is 15.0 Å². The van der Waals surface area contributed by atoms with Gasteiger partial charge >= 0.3 is 0 Å². The number of nitrogens with zero attached hydrogens (tertiary/aromatic N) is 4. The number of hydrogen-bond acceptors (Lipinski definition) is 5. The van der Waals surface area contributed by atoms with Crippen molar-refractivity contribution in [3.8, 4) is 17.1 Å². The molecule has 1 atom stereocenters. The maximum atomic E-state index is 13.3. The summed E-state index contributed by atoms with van der Waals surface area (Å²) in [5, 5.41) is 7.89. The first kappa shape index (κ1) is 21.5. The number of nitrogens with one attached hydrogen (secondary N) is 1. The van der Waals surface area contributed by atoms with Crippen LogP contribution < -0.4 is 10.9 Å². The molecule has 0 spiro atoms. The fourth-order valence-electron chi connectivity index (χ4n) is 4.16. The van der Waals surface area contributed by atoms with Gasteiger partial charge < -0.3 is 9.88 Å². The molecular formula is C25H25N5O2S. The smallest absolute Gasteiger partial charge is 0.284 e. The Bertz CT molecular complexity index is 1300. The van der Waals surface area contributed by atoms with Crippen molar-refractivity contribution >= 4 is 23.4 Å². The highest BCUT2D eigenvalue weighted by molar-refractivity contribution is 8.00. The van der Waals surface area contributed by atoms with Crippen molar-refractivity contribution in [3.05, 3.63) is 76.7 Å². The normalized spacial score (nSPS) is 14.5. The van der Waals surface area contributed by atoms with E-state index in [1.807, 2.05) is 67.6 Å². The highest BCUT2D eigenvalue weighted by atomic mass is 32.2. The molecule has 5 rings (SSSR count). The minimum absolute atomic E-state index is 0.0876. The van der Waals surface area contributed by atoms with E-state index < -0.39 is 0 Å². The van der Waals surface area contributed by atoms with Crippen LogP contribution >= 0.6 is 11.8 Å². The third kappa shape index (κ3) is 4.30. The maximum Gasteiger partial charge on any atom is 0.284 e. The number of aromatic nitrogens is 4. The molecule has 0 saturated heterocycles. The second-order valence-corrected chi connectivity index (χ2v) is 9.48. The van der Waals surface area contributed by atoms with Gasteiger partial charge in [0, 0.05) is 17.9 Å². The summed E-state index contributed by atoms with van der Waals surface area (Å²) in [7, 11) is 0.